The molecule has 1 aliphatic heterocycles. The molecule has 4 rings (SSSR count). The van der Waals surface area contributed by atoms with E-state index in [1.807, 2.05) is 6.07 Å². The zero-order valence-corrected chi connectivity index (χ0v) is 18.2. The Hall–Kier alpha value is -3.94. The lowest BCUT2D eigenvalue weighted by Crippen LogP contribution is -2.41. The molecule has 1 unspecified atom stereocenters. The Balaban J connectivity index is 1.49. The van der Waals surface area contributed by atoms with Gasteiger partial charge in [0.05, 0.1) is 24.4 Å². The van der Waals surface area contributed by atoms with Crippen LogP contribution in [0, 0.1) is 18.7 Å². The van der Waals surface area contributed by atoms with Gasteiger partial charge in [-0.15, -0.1) is 0 Å². The number of para-hydroxylation sites is 1. The number of furan rings is 1. The third kappa shape index (κ3) is 5.28. The molecule has 0 aliphatic carbocycles. The van der Waals surface area contributed by atoms with Crippen LogP contribution in [0.3, 0.4) is 0 Å². The van der Waals surface area contributed by atoms with Gasteiger partial charge in [-0.3, -0.25) is 14.4 Å². The molecule has 170 valence electrons. The van der Waals surface area contributed by atoms with E-state index in [1.54, 1.807) is 55.5 Å². The molecule has 1 saturated heterocycles. The van der Waals surface area contributed by atoms with Crippen LogP contribution in [0.25, 0.3) is 0 Å². The molecule has 0 bridgehead atoms. The van der Waals surface area contributed by atoms with Crippen molar-refractivity contribution in [2.75, 3.05) is 23.3 Å². The molecule has 33 heavy (non-hydrogen) atoms. The summed E-state index contributed by atoms with van der Waals surface area (Å²) < 4.78 is 19.8. The number of benzene rings is 2. The van der Waals surface area contributed by atoms with Gasteiger partial charge < -0.3 is 19.5 Å². The highest BCUT2D eigenvalue weighted by atomic mass is 19.1. The van der Waals surface area contributed by atoms with E-state index >= 15 is 0 Å². The first-order valence-electron chi connectivity index (χ1n) is 10.6. The Bertz CT molecular complexity index is 1150. The third-order valence-corrected chi connectivity index (χ3v) is 5.50. The summed E-state index contributed by atoms with van der Waals surface area (Å²) in [7, 11) is 0. The highest BCUT2D eigenvalue weighted by Gasteiger charge is 2.38. The first kappa shape index (κ1) is 22.3. The summed E-state index contributed by atoms with van der Waals surface area (Å²) in [6.07, 6.45) is 1.43. The number of nitrogens with zero attached hydrogens (tertiary/aromatic N) is 2. The van der Waals surface area contributed by atoms with E-state index in [0.717, 1.165) is 5.56 Å². The second-order valence-corrected chi connectivity index (χ2v) is 8.05. The molecule has 8 heteroatoms. The Morgan fingerprint density at radius 1 is 1.15 bits per heavy atom. The number of rotatable bonds is 7. The summed E-state index contributed by atoms with van der Waals surface area (Å²) in [6, 6.07) is 17.0. The van der Waals surface area contributed by atoms with Crippen LogP contribution >= 0.6 is 0 Å². The molecule has 3 amide bonds. The second kappa shape index (κ2) is 9.68. The first-order chi connectivity index (χ1) is 15.9. The van der Waals surface area contributed by atoms with Gasteiger partial charge in [-0.1, -0.05) is 24.3 Å². The fraction of sp³-hybridized carbons (Fsp3) is 0.240. The van der Waals surface area contributed by atoms with E-state index in [4.69, 9.17) is 4.42 Å². The van der Waals surface area contributed by atoms with Gasteiger partial charge in [-0.2, -0.15) is 0 Å². The minimum absolute atomic E-state index is 0.0482. The molecular weight excluding hydrogens is 425 g/mol. The zero-order chi connectivity index (χ0) is 23.4. The number of aryl methyl sites for hydroxylation is 1. The van der Waals surface area contributed by atoms with Gasteiger partial charge in [-0.25, -0.2) is 4.39 Å². The first-order valence-corrected chi connectivity index (χ1v) is 10.6. The molecule has 1 aromatic heterocycles. The molecular formula is C25H24FN3O4. The van der Waals surface area contributed by atoms with Crippen molar-refractivity contribution < 1.29 is 23.2 Å². The highest BCUT2D eigenvalue weighted by molar-refractivity contribution is 6.01. The Morgan fingerprint density at radius 3 is 2.64 bits per heavy atom. The second-order valence-electron chi connectivity index (χ2n) is 8.05. The molecule has 2 heterocycles. The molecule has 1 atom stereocenters. The van der Waals surface area contributed by atoms with Crippen LogP contribution in [0.5, 0.6) is 0 Å². The molecule has 3 aromatic rings. The largest absolute Gasteiger partial charge is 0.467 e. The highest BCUT2D eigenvalue weighted by Crippen LogP contribution is 2.29. The number of nitrogens with one attached hydrogen (secondary N) is 1. The van der Waals surface area contributed by atoms with Gasteiger partial charge in [0.1, 0.15) is 18.1 Å². The van der Waals surface area contributed by atoms with Crippen molar-refractivity contribution in [2.24, 2.45) is 5.92 Å². The lowest BCUT2D eigenvalue weighted by Gasteiger charge is -2.24. The summed E-state index contributed by atoms with van der Waals surface area (Å²) in [5, 5.41) is 2.76. The fourth-order valence-electron chi connectivity index (χ4n) is 3.89. The average Bonchev–Trinajstić information content (AvgIpc) is 3.43. The van der Waals surface area contributed by atoms with Gasteiger partial charge in [0, 0.05) is 18.7 Å². The van der Waals surface area contributed by atoms with Crippen molar-refractivity contribution in [2.45, 2.75) is 19.9 Å². The monoisotopic (exact) mass is 449 g/mol. The van der Waals surface area contributed by atoms with Crippen molar-refractivity contribution in [3.63, 3.8) is 0 Å². The van der Waals surface area contributed by atoms with Crippen molar-refractivity contribution in [3.8, 4) is 0 Å². The average molecular weight is 449 g/mol. The predicted molar refractivity (Wildman–Crippen MR) is 121 cm³/mol. The van der Waals surface area contributed by atoms with E-state index in [9.17, 15) is 18.8 Å². The summed E-state index contributed by atoms with van der Waals surface area (Å²) in [5.41, 5.74) is 1.51. The summed E-state index contributed by atoms with van der Waals surface area (Å²) in [4.78, 5) is 41.3. The topological polar surface area (TPSA) is 82.9 Å². The minimum atomic E-state index is -0.697. The molecule has 1 N–H and O–H groups in total. The maximum atomic E-state index is 14.4. The van der Waals surface area contributed by atoms with Crippen LogP contribution in [0.2, 0.25) is 0 Å². The number of hydrogen-bond acceptors (Lipinski definition) is 4. The van der Waals surface area contributed by atoms with E-state index in [1.165, 1.54) is 22.1 Å². The predicted octanol–water partition coefficient (Wildman–Crippen LogP) is 3.75. The van der Waals surface area contributed by atoms with Crippen LogP contribution in [0.1, 0.15) is 17.7 Å². The summed E-state index contributed by atoms with van der Waals surface area (Å²) in [5.74, 6) is -1.75. The fourth-order valence-corrected chi connectivity index (χ4v) is 3.89. The molecule has 2 aromatic carbocycles. The lowest BCUT2D eigenvalue weighted by molar-refractivity contribution is -0.139. The van der Waals surface area contributed by atoms with Gasteiger partial charge in [0.25, 0.3) is 0 Å². The number of anilines is 2. The maximum absolute atomic E-state index is 14.4. The standard InChI is InChI=1S/C25H24FN3O4/c1-17-9-10-22(21(26)12-17)29-14-18(13-24(29)31)25(32)28(15-20-8-5-11-33-20)16-23(30)27-19-6-3-2-4-7-19/h2-12,18H,13-16H2,1H3,(H,27,30). The number of carbonyl (C=O) groups excluding carboxylic acids is 3. The van der Waals surface area contributed by atoms with Gasteiger partial charge in [0.15, 0.2) is 0 Å². The number of carbonyl (C=O) groups is 3. The molecule has 0 saturated carbocycles. The van der Waals surface area contributed by atoms with Gasteiger partial charge in [-0.05, 0) is 48.9 Å². The van der Waals surface area contributed by atoms with Crippen molar-refractivity contribution in [3.05, 3.63) is 84.1 Å². The summed E-state index contributed by atoms with van der Waals surface area (Å²) in [6.45, 7) is 1.68. The Morgan fingerprint density at radius 2 is 1.94 bits per heavy atom. The van der Waals surface area contributed by atoms with Crippen molar-refractivity contribution in [1.29, 1.82) is 0 Å². The SMILES string of the molecule is Cc1ccc(N2CC(C(=O)N(CC(=O)Nc3ccccc3)Cc3ccco3)CC2=O)c(F)c1. The number of halogens is 1. The van der Waals surface area contributed by atoms with Crippen LogP contribution in [0.15, 0.2) is 71.3 Å². The lowest BCUT2D eigenvalue weighted by atomic mass is 10.1. The molecule has 0 radical (unpaired) electrons. The smallest absolute Gasteiger partial charge is 0.244 e. The minimum Gasteiger partial charge on any atom is -0.467 e. The Kier molecular flexibility index (Phi) is 6.53. The van der Waals surface area contributed by atoms with Crippen LogP contribution in [0.4, 0.5) is 15.8 Å². The van der Waals surface area contributed by atoms with E-state index in [2.05, 4.69) is 5.32 Å². The van der Waals surface area contributed by atoms with Crippen LogP contribution in [-0.4, -0.2) is 35.7 Å². The van der Waals surface area contributed by atoms with Crippen LogP contribution in [-0.2, 0) is 20.9 Å². The third-order valence-electron chi connectivity index (χ3n) is 5.50. The van der Waals surface area contributed by atoms with E-state index in [0.29, 0.717) is 11.4 Å². The quantitative estimate of drug-likeness (QED) is 0.596. The number of amides is 3. The van der Waals surface area contributed by atoms with Gasteiger partial charge >= 0.3 is 0 Å². The molecule has 0 spiro atoms. The zero-order valence-electron chi connectivity index (χ0n) is 18.2. The molecule has 1 fully saturated rings. The van der Waals surface area contributed by atoms with E-state index in [-0.39, 0.29) is 49.5 Å². The number of hydrogen-bond donors (Lipinski definition) is 1. The summed E-state index contributed by atoms with van der Waals surface area (Å²) >= 11 is 0. The molecule has 1 aliphatic rings. The van der Waals surface area contributed by atoms with Crippen molar-refractivity contribution in [1.82, 2.24) is 4.90 Å². The Labute approximate surface area is 190 Å². The van der Waals surface area contributed by atoms with Gasteiger partial charge in [0.2, 0.25) is 17.7 Å². The molecule has 7 nitrogen and oxygen atoms in total. The van der Waals surface area contributed by atoms with E-state index < -0.39 is 11.7 Å². The maximum Gasteiger partial charge on any atom is 0.244 e. The van der Waals surface area contributed by atoms with Crippen LogP contribution < -0.4 is 10.2 Å². The van der Waals surface area contributed by atoms with Crippen molar-refractivity contribution >= 4 is 29.1 Å². The normalized spacial score (nSPS) is 15.5.